The van der Waals surface area contributed by atoms with E-state index < -0.39 is 4.32 Å². The predicted octanol–water partition coefficient (Wildman–Crippen LogP) is 2.11. The molecule has 1 fully saturated rings. The quantitative estimate of drug-likeness (QED) is 0.539. The first-order valence-electron chi connectivity index (χ1n) is 3.86. The van der Waals surface area contributed by atoms with Crippen molar-refractivity contribution in [3.05, 3.63) is 0 Å². The zero-order valence-corrected chi connectivity index (χ0v) is 8.48. The molecule has 64 valence electrons. The van der Waals surface area contributed by atoms with Gasteiger partial charge in [0.1, 0.15) is 4.32 Å². The monoisotopic (exact) mass is 220 g/mol. The second kappa shape index (κ2) is 3.13. The zero-order valence-electron chi connectivity index (χ0n) is 6.89. The van der Waals surface area contributed by atoms with Crippen LogP contribution in [0.5, 0.6) is 0 Å². The van der Waals surface area contributed by atoms with Crippen LogP contribution < -0.4 is 0 Å². The van der Waals surface area contributed by atoms with E-state index in [0.29, 0.717) is 12.5 Å². The summed E-state index contributed by atoms with van der Waals surface area (Å²) in [4.78, 5) is 11.1. The van der Waals surface area contributed by atoms with Gasteiger partial charge in [0.2, 0.25) is 0 Å². The molecule has 1 saturated carbocycles. The van der Waals surface area contributed by atoms with E-state index >= 15 is 0 Å². The first-order chi connectivity index (χ1) is 5.00. The van der Waals surface area contributed by atoms with Gasteiger partial charge in [-0.05, 0) is 32.6 Å². The Kier molecular flexibility index (Phi) is 2.58. The Bertz CT molecular complexity index is 156. The smallest absolute Gasteiger partial charge is 0.322 e. The van der Waals surface area contributed by atoms with Crippen molar-refractivity contribution in [1.29, 1.82) is 0 Å². The highest BCUT2D eigenvalue weighted by atomic mass is 79.9. The molecule has 0 bridgehead atoms. The van der Waals surface area contributed by atoms with Crippen LogP contribution in [0.1, 0.15) is 26.7 Å². The summed E-state index contributed by atoms with van der Waals surface area (Å²) in [5.41, 5.74) is 0. The molecule has 0 N–H and O–H groups in total. The maximum atomic E-state index is 11.1. The van der Waals surface area contributed by atoms with Crippen LogP contribution in [0, 0.1) is 5.92 Å². The molecule has 0 heterocycles. The van der Waals surface area contributed by atoms with Gasteiger partial charge in [-0.1, -0.05) is 15.9 Å². The van der Waals surface area contributed by atoms with E-state index in [1.54, 1.807) is 13.8 Å². The Balaban J connectivity index is 2.19. The van der Waals surface area contributed by atoms with Crippen molar-refractivity contribution < 1.29 is 9.53 Å². The average Bonchev–Trinajstić information content (AvgIpc) is 2.62. The maximum absolute atomic E-state index is 11.1. The average molecular weight is 221 g/mol. The minimum Gasteiger partial charge on any atom is -0.464 e. The van der Waals surface area contributed by atoms with Crippen molar-refractivity contribution in [2.24, 2.45) is 5.92 Å². The van der Waals surface area contributed by atoms with Crippen LogP contribution >= 0.6 is 15.9 Å². The number of hydrogen-bond donors (Lipinski definition) is 0. The van der Waals surface area contributed by atoms with E-state index in [9.17, 15) is 4.79 Å². The van der Waals surface area contributed by atoms with E-state index in [4.69, 9.17) is 4.74 Å². The molecule has 0 amide bonds. The summed E-state index contributed by atoms with van der Waals surface area (Å²) in [6.07, 6.45) is 2.44. The minimum atomic E-state index is -0.526. The van der Waals surface area contributed by atoms with E-state index in [0.717, 1.165) is 0 Å². The Morgan fingerprint density at radius 3 is 2.55 bits per heavy atom. The van der Waals surface area contributed by atoms with Crippen molar-refractivity contribution in [2.75, 3.05) is 6.61 Å². The summed E-state index contributed by atoms with van der Waals surface area (Å²) < 4.78 is 4.52. The van der Waals surface area contributed by atoms with Crippen molar-refractivity contribution in [3.63, 3.8) is 0 Å². The van der Waals surface area contributed by atoms with Gasteiger partial charge >= 0.3 is 5.97 Å². The number of ether oxygens (including phenoxy) is 1. The fourth-order valence-corrected chi connectivity index (χ4v) is 0.764. The van der Waals surface area contributed by atoms with Gasteiger partial charge in [-0.25, -0.2) is 0 Å². The molecule has 0 saturated heterocycles. The summed E-state index contributed by atoms with van der Waals surface area (Å²) in [6, 6.07) is 0. The maximum Gasteiger partial charge on any atom is 0.322 e. The van der Waals surface area contributed by atoms with Crippen molar-refractivity contribution >= 4 is 21.9 Å². The Morgan fingerprint density at radius 2 is 2.18 bits per heavy atom. The summed E-state index contributed by atoms with van der Waals surface area (Å²) in [7, 11) is 0. The van der Waals surface area contributed by atoms with Gasteiger partial charge in [0.25, 0.3) is 0 Å². The van der Waals surface area contributed by atoms with E-state index in [1.807, 2.05) is 0 Å². The third-order valence-electron chi connectivity index (χ3n) is 1.63. The zero-order chi connectivity index (χ0) is 8.48. The van der Waals surface area contributed by atoms with E-state index in [2.05, 4.69) is 15.9 Å². The number of esters is 1. The molecule has 0 spiro atoms. The minimum absolute atomic E-state index is 0.163. The molecule has 1 aliphatic carbocycles. The molecule has 0 aromatic heterocycles. The van der Waals surface area contributed by atoms with Crippen molar-refractivity contribution in [1.82, 2.24) is 0 Å². The topological polar surface area (TPSA) is 26.3 Å². The van der Waals surface area contributed by atoms with Gasteiger partial charge in [-0.15, -0.1) is 0 Å². The molecule has 3 heteroatoms. The molecular weight excluding hydrogens is 208 g/mol. The molecule has 0 unspecified atom stereocenters. The highest BCUT2D eigenvalue weighted by Gasteiger charge is 2.29. The van der Waals surface area contributed by atoms with E-state index in [1.165, 1.54) is 12.8 Å². The lowest BCUT2D eigenvalue weighted by atomic mass is 10.2. The van der Waals surface area contributed by atoms with Gasteiger partial charge < -0.3 is 4.74 Å². The van der Waals surface area contributed by atoms with Gasteiger partial charge in [0, 0.05) is 0 Å². The standard InChI is InChI=1S/C8H13BrO2/c1-8(2,9)7(10)11-5-6-3-4-6/h6H,3-5H2,1-2H3. The van der Waals surface area contributed by atoms with Crippen molar-refractivity contribution in [2.45, 2.75) is 31.0 Å². The van der Waals surface area contributed by atoms with Gasteiger partial charge in [-0.2, -0.15) is 0 Å². The molecule has 2 nitrogen and oxygen atoms in total. The van der Waals surface area contributed by atoms with Crippen LogP contribution in [0.3, 0.4) is 0 Å². The molecule has 1 aliphatic rings. The fourth-order valence-electron chi connectivity index (χ4n) is 0.650. The summed E-state index contributed by atoms with van der Waals surface area (Å²) >= 11 is 3.24. The Labute approximate surface area is 75.4 Å². The summed E-state index contributed by atoms with van der Waals surface area (Å²) in [5.74, 6) is 0.484. The van der Waals surface area contributed by atoms with Crippen molar-refractivity contribution in [3.8, 4) is 0 Å². The summed E-state index contributed by atoms with van der Waals surface area (Å²) in [6.45, 7) is 4.19. The lowest BCUT2D eigenvalue weighted by Crippen LogP contribution is -2.27. The van der Waals surface area contributed by atoms with Crippen LogP contribution in [0.2, 0.25) is 0 Å². The SMILES string of the molecule is CC(C)(Br)C(=O)OCC1CC1. The Hall–Kier alpha value is -0.0500. The van der Waals surface area contributed by atoms with Crippen LogP contribution in [0.4, 0.5) is 0 Å². The van der Waals surface area contributed by atoms with Crippen LogP contribution in [0.25, 0.3) is 0 Å². The van der Waals surface area contributed by atoms with Crippen LogP contribution in [0.15, 0.2) is 0 Å². The number of alkyl halides is 1. The van der Waals surface area contributed by atoms with Gasteiger partial charge in [-0.3, -0.25) is 4.79 Å². The summed E-state index contributed by atoms with van der Waals surface area (Å²) in [5, 5.41) is 0. The third-order valence-corrected chi connectivity index (χ3v) is 1.96. The third kappa shape index (κ3) is 3.23. The second-order valence-corrected chi connectivity index (χ2v) is 5.50. The number of hydrogen-bond acceptors (Lipinski definition) is 2. The number of carbonyl (C=O) groups excluding carboxylic acids is 1. The lowest BCUT2D eigenvalue weighted by molar-refractivity contribution is -0.145. The highest BCUT2D eigenvalue weighted by Crippen LogP contribution is 2.29. The normalized spacial score (nSPS) is 18.1. The lowest BCUT2D eigenvalue weighted by Gasteiger charge is -2.14. The highest BCUT2D eigenvalue weighted by molar-refractivity contribution is 9.10. The van der Waals surface area contributed by atoms with Gasteiger partial charge in [0.05, 0.1) is 6.61 Å². The first-order valence-corrected chi connectivity index (χ1v) is 4.65. The van der Waals surface area contributed by atoms with Crippen LogP contribution in [-0.4, -0.2) is 16.9 Å². The van der Waals surface area contributed by atoms with E-state index in [-0.39, 0.29) is 5.97 Å². The molecule has 0 aromatic carbocycles. The molecular formula is C8H13BrO2. The second-order valence-electron chi connectivity index (χ2n) is 3.51. The largest absolute Gasteiger partial charge is 0.464 e. The molecule has 0 radical (unpaired) electrons. The number of rotatable bonds is 3. The number of carbonyl (C=O) groups is 1. The Morgan fingerprint density at radius 1 is 1.64 bits per heavy atom. The molecule has 0 aliphatic heterocycles. The molecule has 0 atom stereocenters. The van der Waals surface area contributed by atoms with Crippen LogP contribution in [-0.2, 0) is 9.53 Å². The molecule has 11 heavy (non-hydrogen) atoms. The predicted molar refractivity (Wildman–Crippen MR) is 46.7 cm³/mol. The van der Waals surface area contributed by atoms with Gasteiger partial charge in [0.15, 0.2) is 0 Å². The first kappa shape index (κ1) is 9.04. The fraction of sp³-hybridized carbons (Fsp3) is 0.875. The number of halogens is 1. The molecule has 0 aromatic rings. The molecule has 1 rings (SSSR count).